The Morgan fingerprint density at radius 1 is 1.08 bits per heavy atom. The van der Waals surface area contributed by atoms with Crippen molar-refractivity contribution in [3.8, 4) is 17.1 Å². The van der Waals surface area contributed by atoms with Gasteiger partial charge < -0.3 is 14.5 Å². The first-order valence-corrected chi connectivity index (χ1v) is 9.00. The van der Waals surface area contributed by atoms with Gasteiger partial charge >= 0.3 is 0 Å². The maximum absolute atomic E-state index is 6.30. The first-order chi connectivity index (χ1) is 11.7. The molecule has 0 unspecified atom stereocenters. The summed E-state index contributed by atoms with van der Waals surface area (Å²) in [6, 6.07) is 17.8. The summed E-state index contributed by atoms with van der Waals surface area (Å²) in [7, 11) is 1.68. The molecule has 25 heavy (non-hydrogen) atoms. The smallest absolute Gasteiger partial charge is 0.135 e. The summed E-state index contributed by atoms with van der Waals surface area (Å²) in [6.07, 6.45) is 0. The van der Waals surface area contributed by atoms with Gasteiger partial charge in [-0.3, -0.25) is 0 Å². The summed E-state index contributed by atoms with van der Waals surface area (Å²) in [5.74, 6) is 2.54. The molecule has 1 heterocycles. The molecule has 3 rings (SSSR count). The molecule has 0 saturated heterocycles. The molecule has 0 saturated carbocycles. The Hall–Kier alpha value is -1.21. The summed E-state index contributed by atoms with van der Waals surface area (Å²) in [6.45, 7) is 1.35. The maximum atomic E-state index is 6.30. The van der Waals surface area contributed by atoms with Gasteiger partial charge in [0.2, 0.25) is 0 Å². The van der Waals surface area contributed by atoms with E-state index in [4.69, 9.17) is 20.8 Å². The highest BCUT2D eigenvalue weighted by atomic mass is 127. The summed E-state index contributed by atoms with van der Waals surface area (Å²) in [5, 5.41) is 4.07. The molecule has 1 aromatic heterocycles. The van der Waals surface area contributed by atoms with E-state index in [1.165, 1.54) is 0 Å². The van der Waals surface area contributed by atoms with Crippen molar-refractivity contribution in [1.29, 1.82) is 0 Å². The Labute approximate surface area is 172 Å². The third-order valence-corrected chi connectivity index (χ3v) is 4.65. The summed E-state index contributed by atoms with van der Waals surface area (Å²) in [4.78, 5) is 0. The second-order valence-corrected chi connectivity index (χ2v) is 6.96. The van der Waals surface area contributed by atoms with E-state index in [1.54, 1.807) is 7.11 Å². The number of para-hydroxylation sites is 1. The molecule has 0 aliphatic heterocycles. The van der Waals surface area contributed by atoms with Crippen LogP contribution in [0.4, 0.5) is 0 Å². The molecule has 0 spiro atoms. The molecule has 0 radical (unpaired) electrons. The molecule has 3 aromatic rings. The standard InChI is InChI=1S/C19H17ClINO2.ClH/c1-23-18-5-3-2-4-13(18)11-22-12-15-7-9-19(24-15)16-8-6-14(21)10-17(16)20;/h2-10,22H,11-12H2,1H3;1H. The molecular weight excluding hydrogens is 472 g/mol. The number of rotatable bonds is 6. The first kappa shape index (κ1) is 20.1. The summed E-state index contributed by atoms with van der Waals surface area (Å²) >= 11 is 8.54. The average molecular weight is 490 g/mol. The third kappa shape index (κ3) is 5.14. The van der Waals surface area contributed by atoms with Crippen LogP contribution >= 0.6 is 46.6 Å². The van der Waals surface area contributed by atoms with E-state index < -0.39 is 0 Å². The van der Waals surface area contributed by atoms with Crippen LogP contribution in [0.25, 0.3) is 11.3 Å². The van der Waals surface area contributed by atoms with Gasteiger partial charge in [-0.15, -0.1) is 12.4 Å². The predicted molar refractivity (Wildman–Crippen MR) is 113 cm³/mol. The van der Waals surface area contributed by atoms with Crippen molar-refractivity contribution in [2.75, 3.05) is 7.11 Å². The van der Waals surface area contributed by atoms with Crippen molar-refractivity contribution in [2.24, 2.45) is 0 Å². The Balaban J connectivity index is 0.00000225. The van der Waals surface area contributed by atoms with Crippen LogP contribution in [-0.4, -0.2) is 7.11 Å². The fourth-order valence-electron chi connectivity index (χ4n) is 2.48. The lowest BCUT2D eigenvalue weighted by molar-refractivity contribution is 0.406. The van der Waals surface area contributed by atoms with Crippen LogP contribution in [0.1, 0.15) is 11.3 Å². The van der Waals surface area contributed by atoms with Gasteiger partial charge in [0.05, 0.1) is 18.7 Å². The minimum absolute atomic E-state index is 0. The van der Waals surface area contributed by atoms with Crippen molar-refractivity contribution in [2.45, 2.75) is 13.1 Å². The number of furan rings is 1. The zero-order valence-corrected chi connectivity index (χ0v) is 17.3. The largest absolute Gasteiger partial charge is 0.496 e. The van der Waals surface area contributed by atoms with Crippen LogP contribution in [0, 0.1) is 3.57 Å². The van der Waals surface area contributed by atoms with Crippen LogP contribution < -0.4 is 10.1 Å². The Kier molecular flexibility index (Phi) is 7.62. The molecular formula is C19H18Cl2INO2. The number of hydrogen-bond acceptors (Lipinski definition) is 3. The number of methoxy groups -OCH3 is 1. The zero-order chi connectivity index (χ0) is 16.9. The van der Waals surface area contributed by atoms with Gasteiger partial charge in [-0.2, -0.15) is 0 Å². The number of ether oxygens (including phenoxy) is 1. The third-order valence-electron chi connectivity index (χ3n) is 3.67. The average Bonchev–Trinajstić information content (AvgIpc) is 3.04. The number of halogens is 3. The van der Waals surface area contributed by atoms with Gasteiger partial charge in [0.1, 0.15) is 17.3 Å². The van der Waals surface area contributed by atoms with Crippen molar-refractivity contribution in [3.63, 3.8) is 0 Å². The van der Waals surface area contributed by atoms with E-state index in [2.05, 4.69) is 27.9 Å². The summed E-state index contributed by atoms with van der Waals surface area (Å²) in [5.41, 5.74) is 2.03. The first-order valence-electron chi connectivity index (χ1n) is 7.54. The monoisotopic (exact) mass is 489 g/mol. The predicted octanol–water partition coefficient (Wildman–Crippen LogP) is 5.92. The van der Waals surface area contributed by atoms with Crippen molar-refractivity contribution < 1.29 is 9.15 Å². The van der Waals surface area contributed by atoms with Gasteiger partial charge in [-0.1, -0.05) is 29.8 Å². The lowest BCUT2D eigenvalue weighted by atomic mass is 10.2. The van der Waals surface area contributed by atoms with Gasteiger partial charge in [0, 0.05) is 21.2 Å². The lowest BCUT2D eigenvalue weighted by Crippen LogP contribution is -2.12. The van der Waals surface area contributed by atoms with E-state index in [0.29, 0.717) is 18.1 Å². The highest BCUT2D eigenvalue weighted by molar-refractivity contribution is 14.1. The molecule has 132 valence electrons. The molecule has 2 aromatic carbocycles. The van der Waals surface area contributed by atoms with Crippen LogP contribution in [0.2, 0.25) is 5.02 Å². The number of hydrogen-bond donors (Lipinski definition) is 1. The highest BCUT2D eigenvalue weighted by Crippen LogP contribution is 2.30. The van der Waals surface area contributed by atoms with Gasteiger partial charge in [0.15, 0.2) is 0 Å². The highest BCUT2D eigenvalue weighted by Gasteiger charge is 2.09. The molecule has 0 aliphatic carbocycles. The SMILES string of the molecule is COc1ccccc1CNCc1ccc(-c2ccc(I)cc2Cl)o1.Cl. The van der Waals surface area contributed by atoms with E-state index in [-0.39, 0.29) is 12.4 Å². The number of nitrogens with one attached hydrogen (secondary N) is 1. The molecule has 3 nitrogen and oxygen atoms in total. The van der Waals surface area contributed by atoms with Crippen molar-refractivity contribution >= 4 is 46.6 Å². The second kappa shape index (κ2) is 9.48. The molecule has 1 N–H and O–H groups in total. The van der Waals surface area contributed by atoms with Crippen LogP contribution in [0.5, 0.6) is 5.75 Å². The second-order valence-electron chi connectivity index (χ2n) is 5.31. The van der Waals surface area contributed by atoms with Crippen molar-refractivity contribution in [3.05, 3.63) is 74.5 Å². The normalized spacial score (nSPS) is 10.4. The van der Waals surface area contributed by atoms with Crippen LogP contribution in [0.3, 0.4) is 0 Å². The fraction of sp³-hybridized carbons (Fsp3) is 0.158. The van der Waals surface area contributed by atoms with Gasteiger partial charge in [-0.25, -0.2) is 0 Å². The summed E-state index contributed by atoms with van der Waals surface area (Å²) < 4.78 is 12.4. The van der Waals surface area contributed by atoms with Crippen LogP contribution in [0.15, 0.2) is 59.0 Å². The van der Waals surface area contributed by atoms with Crippen molar-refractivity contribution in [1.82, 2.24) is 5.32 Å². The quantitative estimate of drug-likeness (QED) is 0.436. The van der Waals surface area contributed by atoms with Gasteiger partial charge in [-0.05, 0) is 59.0 Å². The zero-order valence-electron chi connectivity index (χ0n) is 13.6. The number of benzene rings is 2. The molecule has 0 fully saturated rings. The van der Waals surface area contributed by atoms with E-state index in [9.17, 15) is 0 Å². The lowest BCUT2D eigenvalue weighted by Gasteiger charge is -2.08. The molecule has 6 heteroatoms. The topological polar surface area (TPSA) is 34.4 Å². The van der Waals surface area contributed by atoms with Crippen LogP contribution in [-0.2, 0) is 13.1 Å². The van der Waals surface area contributed by atoms with Gasteiger partial charge in [0.25, 0.3) is 0 Å². The Morgan fingerprint density at radius 3 is 2.64 bits per heavy atom. The van der Waals surface area contributed by atoms with E-state index in [0.717, 1.165) is 32.0 Å². The molecule has 0 amide bonds. The fourth-order valence-corrected chi connectivity index (χ4v) is 3.43. The molecule has 0 atom stereocenters. The Morgan fingerprint density at radius 2 is 1.88 bits per heavy atom. The Bertz CT molecular complexity index is 836. The molecule has 0 aliphatic rings. The van der Waals surface area contributed by atoms with E-state index >= 15 is 0 Å². The minimum Gasteiger partial charge on any atom is -0.496 e. The minimum atomic E-state index is 0. The maximum Gasteiger partial charge on any atom is 0.135 e. The molecule has 0 bridgehead atoms. The van der Waals surface area contributed by atoms with E-state index in [1.807, 2.05) is 54.6 Å².